The van der Waals surface area contributed by atoms with Gasteiger partial charge in [0.15, 0.2) is 5.11 Å². The second-order valence-electron chi connectivity index (χ2n) is 5.48. The molecule has 3 N–H and O–H groups in total. The Morgan fingerprint density at radius 1 is 1.14 bits per heavy atom. The Hall–Kier alpha value is -1.25. The summed E-state index contributed by atoms with van der Waals surface area (Å²) in [6.07, 6.45) is -1.07. The van der Waals surface area contributed by atoms with Crippen molar-refractivity contribution < 1.29 is 9.53 Å². The Kier molecular flexibility index (Phi) is 8.64. The molecule has 10 heteroatoms. The van der Waals surface area contributed by atoms with Gasteiger partial charge in [0.2, 0.25) is 3.79 Å². The molecule has 0 aromatic heterocycles. The van der Waals surface area contributed by atoms with E-state index in [1.165, 1.54) is 0 Å². The molecule has 150 valence electrons. The first-order chi connectivity index (χ1) is 13.2. The van der Waals surface area contributed by atoms with E-state index in [0.29, 0.717) is 22.3 Å². The minimum Gasteiger partial charge on any atom is -0.494 e. The van der Waals surface area contributed by atoms with E-state index in [0.717, 1.165) is 5.75 Å². The van der Waals surface area contributed by atoms with Gasteiger partial charge in [-0.05, 0) is 71.5 Å². The summed E-state index contributed by atoms with van der Waals surface area (Å²) >= 11 is 26.6. The summed E-state index contributed by atoms with van der Waals surface area (Å²) in [5.41, 5.74) is 1.11. The summed E-state index contributed by atoms with van der Waals surface area (Å²) in [5.74, 6) is 0.312. The van der Waals surface area contributed by atoms with Crippen LogP contribution >= 0.6 is 63.0 Å². The predicted molar refractivity (Wildman–Crippen MR) is 123 cm³/mol. The van der Waals surface area contributed by atoms with Gasteiger partial charge in [-0.25, -0.2) is 0 Å². The average molecular weight is 526 g/mol. The van der Waals surface area contributed by atoms with Crippen molar-refractivity contribution >= 4 is 79.7 Å². The van der Waals surface area contributed by atoms with Gasteiger partial charge in [-0.2, -0.15) is 0 Å². The number of carbonyl (C=O) groups excluding carboxylic acids is 1. The summed E-state index contributed by atoms with van der Waals surface area (Å²) in [5, 5.41) is 8.59. The number of carbonyl (C=O) groups is 1. The van der Waals surface area contributed by atoms with E-state index >= 15 is 0 Å². The number of nitrogens with one attached hydrogen (secondary N) is 3. The molecule has 5 nitrogen and oxygen atoms in total. The number of anilines is 1. The molecule has 1 unspecified atom stereocenters. The van der Waals surface area contributed by atoms with Gasteiger partial charge < -0.3 is 20.7 Å². The van der Waals surface area contributed by atoms with E-state index in [9.17, 15) is 4.79 Å². The molecule has 0 aliphatic rings. The highest BCUT2D eigenvalue weighted by atomic mass is 79.9. The maximum atomic E-state index is 12.5. The topological polar surface area (TPSA) is 62.4 Å². The second-order valence-corrected chi connectivity index (χ2v) is 9.12. The fraction of sp³-hybridized carbons (Fsp3) is 0.222. The van der Waals surface area contributed by atoms with E-state index in [2.05, 4.69) is 31.9 Å². The van der Waals surface area contributed by atoms with E-state index in [1.54, 1.807) is 48.5 Å². The lowest BCUT2D eigenvalue weighted by Crippen LogP contribution is -2.56. The van der Waals surface area contributed by atoms with E-state index < -0.39 is 15.9 Å². The SMILES string of the molecule is CCOc1ccc(NC(=S)NC(NC(=O)c2ccccc2Br)C(Cl)(Cl)Cl)cc1. The molecule has 1 amide bonds. The molecule has 1 atom stereocenters. The van der Waals surface area contributed by atoms with Crippen molar-refractivity contribution in [1.29, 1.82) is 0 Å². The largest absolute Gasteiger partial charge is 0.494 e. The molecule has 2 aromatic carbocycles. The highest BCUT2D eigenvalue weighted by molar-refractivity contribution is 9.10. The molecular weight excluding hydrogens is 509 g/mol. The highest BCUT2D eigenvalue weighted by Gasteiger charge is 2.35. The summed E-state index contributed by atoms with van der Waals surface area (Å²) in [6.45, 7) is 2.49. The van der Waals surface area contributed by atoms with Crippen molar-refractivity contribution in [2.75, 3.05) is 11.9 Å². The number of rotatable bonds is 6. The van der Waals surface area contributed by atoms with Crippen molar-refractivity contribution in [3.63, 3.8) is 0 Å². The number of alkyl halides is 3. The average Bonchev–Trinajstić information content (AvgIpc) is 2.62. The molecule has 0 bridgehead atoms. The Morgan fingerprint density at radius 3 is 2.36 bits per heavy atom. The molecule has 0 saturated carbocycles. The minimum atomic E-state index is -1.85. The fourth-order valence-electron chi connectivity index (χ4n) is 2.15. The normalized spacial score (nSPS) is 12.0. The van der Waals surface area contributed by atoms with Gasteiger partial charge in [0, 0.05) is 10.2 Å². The van der Waals surface area contributed by atoms with Crippen LogP contribution in [0.2, 0.25) is 0 Å². The molecule has 0 aliphatic heterocycles. The van der Waals surface area contributed by atoms with Gasteiger partial charge in [-0.1, -0.05) is 46.9 Å². The van der Waals surface area contributed by atoms with Crippen LogP contribution in [0.25, 0.3) is 0 Å². The van der Waals surface area contributed by atoms with Crippen LogP contribution in [-0.4, -0.2) is 27.6 Å². The van der Waals surface area contributed by atoms with Crippen molar-refractivity contribution in [3.05, 3.63) is 58.6 Å². The Bertz CT molecular complexity index is 832. The van der Waals surface area contributed by atoms with E-state index in [4.69, 9.17) is 51.8 Å². The quantitative estimate of drug-likeness (QED) is 0.273. The van der Waals surface area contributed by atoms with Gasteiger partial charge in [0.1, 0.15) is 11.9 Å². The van der Waals surface area contributed by atoms with Crippen LogP contribution in [0.5, 0.6) is 5.75 Å². The molecule has 0 spiro atoms. The van der Waals surface area contributed by atoms with Gasteiger partial charge >= 0.3 is 0 Å². The third-order valence-electron chi connectivity index (χ3n) is 3.42. The summed E-state index contributed by atoms with van der Waals surface area (Å²) in [6, 6.07) is 14.1. The van der Waals surface area contributed by atoms with Gasteiger partial charge in [-0.15, -0.1) is 0 Å². The second kappa shape index (κ2) is 10.5. The van der Waals surface area contributed by atoms with Crippen LogP contribution in [0.1, 0.15) is 17.3 Å². The number of halogens is 4. The van der Waals surface area contributed by atoms with Gasteiger partial charge in [0.25, 0.3) is 5.91 Å². The molecular formula is C18H17BrCl3N3O2S. The summed E-state index contributed by atoms with van der Waals surface area (Å²) < 4.78 is 4.16. The zero-order valence-electron chi connectivity index (χ0n) is 14.6. The van der Waals surface area contributed by atoms with Crippen molar-refractivity contribution in [2.24, 2.45) is 0 Å². The monoisotopic (exact) mass is 523 g/mol. The third-order valence-corrected chi connectivity index (χ3v) is 4.99. The molecule has 0 aliphatic carbocycles. The molecule has 28 heavy (non-hydrogen) atoms. The van der Waals surface area contributed by atoms with Crippen LogP contribution in [0.15, 0.2) is 53.0 Å². The Morgan fingerprint density at radius 2 is 1.79 bits per heavy atom. The Balaban J connectivity index is 2.04. The molecule has 2 aromatic rings. The first-order valence-electron chi connectivity index (χ1n) is 8.13. The van der Waals surface area contributed by atoms with Gasteiger partial charge in [0.05, 0.1) is 12.2 Å². The lowest BCUT2D eigenvalue weighted by Gasteiger charge is -2.28. The molecule has 0 radical (unpaired) electrons. The molecule has 2 rings (SSSR count). The van der Waals surface area contributed by atoms with E-state index in [1.807, 2.05) is 6.92 Å². The molecule has 0 fully saturated rings. The fourth-order valence-corrected chi connectivity index (χ4v) is 3.18. The van der Waals surface area contributed by atoms with Crippen LogP contribution in [-0.2, 0) is 0 Å². The lowest BCUT2D eigenvalue weighted by molar-refractivity contribution is 0.0933. The first-order valence-corrected chi connectivity index (χ1v) is 10.5. The summed E-state index contributed by atoms with van der Waals surface area (Å²) in [7, 11) is 0. The maximum Gasteiger partial charge on any atom is 0.254 e. The summed E-state index contributed by atoms with van der Waals surface area (Å²) in [4.78, 5) is 12.5. The Labute approximate surface area is 192 Å². The van der Waals surface area contributed by atoms with E-state index in [-0.39, 0.29) is 5.11 Å². The van der Waals surface area contributed by atoms with Crippen molar-refractivity contribution in [2.45, 2.75) is 16.9 Å². The smallest absolute Gasteiger partial charge is 0.254 e. The van der Waals surface area contributed by atoms with Crippen molar-refractivity contribution in [1.82, 2.24) is 10.6 Å². The highest BCUT2D eigenvalue weighted by Crippen LogP contribution is 2.29. The van der Waals surface area contributed by atoms with Crippen LogP contribution in [0.4, 0.5) is 5.69 Å². The number of ether oxygens (including phenoxy) is 1. The van der Waals surface area contributed by atoms with Crippen LogP contribution in [0, 0.1) is 0 Å². The number of thiocarbonyl (C=S) groups is 1. The lowest BCUT2D eigenvalue weighted by atomic mass is 10.2. The molecule has 0 saturated heterocycles. The van der Waals surface area contributed by atoms with Crippen LogP contribution in [0.3, 0.4) is 0 Å². The maximum absolute atomic E-state index is 12.5. The predicted octanol–water partition coefficient (Wildman–Crippen LogP) is 5.26. The van der Waals surface area contributed by atoms with Crippen LogP contribution < -0.4 is 20.7 Å². The minimum absolute atomic E-state index is 0.174. The number of amides is 1. The number of benzene rings is 2. The molecule has 0 heterocycles. The zero-order valence-corrected chi connectivity index (χ0v) is 19.3. The van der Waals surface area contributed by atoms with Crippen molar-refractivity contribution in [3.8, 4) is 5.75 Å². The third kappa shape index (κ3) is 6.97. The zero-order chi connectivity index (χ0) is 20.7. The standard InChI is InChI=1S/C18H17BrCl3N3O2S/c1-2-27-12-9-7-11(8-10-12)23-17(28)25-16(18(20,21)22)24-15(26)13-5-3-4-6-14(13)19/h3-10,16H,2H2,1H3,(H,24,26)(H2,23,25,28). The number of hydrogen-bond acceptors (Lipinski definition) is 3. The van der Waals surface area contributed by atoms with Gasteiger partial charge in [-0.3, -0.25) is 4.79 Å². The first kappa shape index (κ1) is 23.0. The number of hydrogen-bond donors (Lipinski definition) is 3.